The van der Waals surface area contributed by atoms with Crippen molar-refractivity contribution < 1.29 is 9.52 Å². The van der Waals surface area contributed by atoms with Crippen LogP contribution in [0.1, 0.15) is 30.6 Å². The highest BCUT2D eigenvalue weighted by atomic mass is 16.3. The Hall–Kier alpha value is -2.24. The quantitative estimate of drug-likeness (QED) is 0.867. The highest BCUT2D eigenvalue weighted by molar-refractivity contribution is 5.92. The molecule has 0 amide bonds. The van der Waals surface area contributed by atoms with E-state index in [-0.39, 0.29) is 11.6 Å². The molecule has 1 fully saturated rings. The third-order valence-electron chi connectivity index (χ3n) is 4.53. The third kappa shape index (κ3) is 1.53. The lowest BCUT2D eigenvalue weighted by atomic mass is 9.88. The van der Waals surface area contributed by atoms with Crippen molar-refractivity contribution in [3.8, 4) is 0 Å². The van der Waals surface area contributed by atoms with Crippen molar-refractivity contribution in [2.45, 2.75) is 32.2 Å². The van der Waals surface area contributed by atoms with Crippen molar-refractivity contribution in [2.75, 3.05) is 6.54 Å². The lowest BCUT2D eigenvalue weighted by Crippen LogP contribution is -2.48. The monoisotopic (exact) mass is 287 g/mol. The first-order chi connectivity index (χ1) is 10.1. The Kier molecular flexibility index (Phi) is 2.46. The minimum Gasteiger partial charge on any atom is -0.508 e. The Bertz CT molecular complexity index is 831. The predicted octanol–water partition coefficient (Wildman–Crippen LogP) is 1.93. The Morgan fingerprint density at radius 3 is 3.05 bits per heavy atom. The number of aliphatic hydroxyl groups excluding tert-OH is 1. The number of hydrogen-bond donors (Lipinski definition) is 1. The first-order valence-electron chi connectivity index (χ1n) is 7.24. The molecule has 21 heavy (non-hydrogen) atoms. The fraction of sp³-hybridized carbons (Fsp3) is 0.467. The number of fused-ring (bicyclic) bond motifs is 2. The van der Waals surface area contributed by atoms with Crippen LogP contribution in [-0.4, -0.2) is 32.1 Å². The Morgan fingerprint density at radius 2 is 2.24 bits per heavy atom. The van der Waals surface area contributed by atoms with Crippen LogP contribution in [0.2, 0.25) is 0 Å². The zero-order valence-corrected chi connectivity index (χ0v) is 12.1. The summed E-state index contributed by atoms with van der Waals surface area (Å²) in [5.41, 5.74) is 1.65. The molecule has 0 aromatic carbocycles. The van der Waals surface area contributed by atoms with Crippen molar-refractivity contribution >= 4 is 16.8 Å². The van der Waals surface area contributed by atoms with E-state index in [2.05, 4.69) is 9.88 Å². The summed E-state index contributed by atoms with van der Waals surface area (Å²) in [6, 6.07) is 0.110. The maximum absolute atomic E-state index is 12.4. The minimum absolute atomic E-state index is 0.110. The number of furan rings is 1. The van der Waals surface area contributed by atoms with Crippen LogP contribution in [0.25, 0.3) is 16.8 Å². The van der Waals surface area contributed by atoms with E-state index in [4.69, 9.17) is 4.42 Å². The van der Waals surface area contributed by atoms with E-state index >= 15 is 0 Å². The largest absolute Gasteiger partial charge is 0.508 e. The summed E-state index contributed by atoms with van der Waals surface area (Å²) >= 11 is 0. The molecule has 1 atom stereocenters. The summed E-state index contributed by atoms with van der Waals surface area (Å²) in [5, 5.41) is 10.8. The van der Waals surface area contributed by atoms with E-state index in [1.807, 2.05) is 6.92 Å². The van der Waals surface area contributed by atoms with Gasteiger partial charge in [-0.15, -0.1) is 0 Å². The molecule has 1 saturated heterocycles. The van der Waals surface area contributed by atoms with Crippen LogP contribution >= 0.6 is 0 Å². The van der Waals surface area contributed by atoms with Crippen LogP contribution in [-0.2, 0) is 7.05 Å². The van der Waals surface area contributed by atoms with Crippen molar-refractivity contribution in [2.24, 2.45) is 7.05 Å². The summed E-state index contributed by atoms with van der Waals surface area (Å²) in [7, 11) is 1.67. The van der Waals surface area contributed by atoms with E-state index < -0.39 is 0 Å². The normalized spacial score (nSPS) is 21.6. The Balaban J connectivity index is 1.99. The lowest BCUT2D eigenvalue weighted by molar-refractivity contribution is 0.148. The van der Waals surface area contributed by atoms with E-state index in [9.17, 15) is 9.90 Å². The number of piperidine rings is 1. The maximum atomic E-state index is 12.4. The first-order valence-corrected chi connectivity index (χ1v) is 7.24. The topological polar surface area (TPSA) is 71.5 Å². The molecule has 4 rings (SSSR count). The summed E-state index contributed by atoms with van der Waals surface area (Å²) in [5.74, 6) is 1.01. The number of aryl methyl sites for hydroxylation is 2. The molecule has 0 saturated carbocycles. The molecule has 1 unspecified atom stereocenters. The summed E-state index contributed by atoms with van der Waals surface area (Å²) < 4.78 is 7.06. The van der Waals surface area contributed by atoms with Crippen LogP contribution in [0.3, 0.4) is 0 Å². The van der Waals surface area contributed by atoms with Gasteiger partial charge in [-0.05, 0) is 26.2 Å². The number of rotatable bonds is 1. The van der Waals surface area contributed by atoms with Crippen LogP contribution in [0.15, 0.2) is 21.3 Å². The van der Waals surface area contributed by atoms with Gasteiger partial charge in [0.05, 0.1) is 17.3 Å². The molecular formula is C15H17N3O3. The van der Waals surface area contributed by atoms with Gasteiger partial charge in [0.1, 0.15) is 23.2 Å². The first kappa shape index (κ1) is 12.5. The lowest BCUT2D eigenvalue weighted by Gasteiger charge is -2.46. The highest BCUT2D eigenvalue weighted by Crippen LogP contribution is 2.44. The number of nitrogens with zero attached hydrogens (tertiary/aromatic N) is 3. The summed E-state index contributed by atoms with van der Waals surface area (Å²) in [4.78, 5) is 18.8. The zero-order chi connectivity index (χ0) is 14.7. The fourth-order valence-electron chi connectivity index (χ4n) is 3.47. The van der Waals surface area contributed by atoms with Crippen LogP contribution in [0, 0.1) is 6.92 Å². The van der Waals surface area contributed by atoms with Crippen molar-refractivity contribution in [1.82, 2.24) is 14.5 Å². The molecule has 0 bridgehead atoms. The van der Waals surface area contributed by atoms with Gasteiger partial charge in [0.2, 0.25) is 5.71 Å². The number of aliphatic hydroxyl groups is 1. The van der Waals surface area contributed by atoms with E-state index in [1.54, 1.807) is 7.05 Å². The average Bonchev–Trinajstić information content (AvgIpc) is 2.80. The van der Waals surface area contributed by atoms with Crippen LogP contribution in [0.5, 0.6) is 0 Å². The van der Waals surface area contributed by atoms with E-state index in [0.29, 0.717) is 28.2 Å². The van der Waals surface area contributed by atoms with Crippen molar-refractivity contribution in [3.05, 3.63) is 33.8 Å². The molecule has 2 aromatic heterocycles. The van der Waals surface area contributed by atoms with Crippen molar-refractivity contribution in [1.29, 1.82) is 0 Å². The second kappa shape index (κ2) is 4.13. The molecule has 1 N–H and O–H groups in total. The van der Waals surface area contributed by atoms with E-state index in [1.165, 1.54) is 10.9 Å². The van der Waals surface area contributed by atoms with Crippen LogP contribution in [0.4, 0.5) is 0 Å². The van der Waals surface area contributed by atoms with E-state index in [0.717, 1.165) is 31.5 Å². The molecule has 0 radical (unpaired) electrons. The molecule has 6 nitrogen and oxygen atoms in total. The molecule has 0 aliphatic carbocycles. The second-order valence-corrected chi connectivity index (χ2v) is 5.81. The van der Waals surface area contributed by atoms with Crippen molar-refractivity contribution in [3.63, 3.8) is 0 Å². The summed E-state index contributed by atoms with van der Waals surface area (Å²) in [6.07, 6.45) is 4.67. The molecule has 2 aliphatic heterocycles. The van der Waals surface area contributed by atoms with Gasteiger partial charge < -0.3 is 19.0 Å². The van der Waals surface area contributed by atoms with Gasteiger partial charge in [-0.3, -0.25) is 4.79 Å². The molecule has 4 heterocycles. The number of aromatic nitrogens is 2. The number of hydrogen-bond acceptors (Lipinski definition) is 5. The highest BCUT2D eigenvalue weighted by Gasteiger charge is 2.42. The van der Waals surface area contributed by atoms with Gasteiger partial charge in [-0.1, -0.05) is 0 Å². The Morgan fingerprint density at radius 1 is 1.43 bits per heavy atom. The minimum atomic E-state index is -0.146. The van der Waals surface area contributed by atoms with Gasteiger partial charge in [0.15, 0.2) is 0 Å². The molecule has 0 spiro atoms. The molecule has 2 aromatic rings. The molecule has 6 heteroatoms. The molecule has 2 aliphatic rings. The Labute approximate surface area is 121 Å². The fourth-order valence-corrected chi connectivity index (χ4v) is 3.47. The summed E-state index contributed by atoms with van der Waals surface area (Å²) in [6.45, 7) is 2.73. The molecule has 110 valence electrons. The van der Waals surface area contributed by atoms with Gasteiger partial charge in [-0.2, -0.15) is 0 Å². The zero-order valence-electron chi connectivity index (χ0n) is 12.1. The smallest absolute Gasteiger partial charge is 0.265 e. The molecular weight excluding hydrogens is 270 g/mol. The maximum Gasteiger partial charge on any atom is 0.265 e. The average molecular weight is 287 g/mol. The van der Waals surface area contributed by atoms with Gasteiger partial charge in [-0.25, -0.2) is 4.98 Å². The van der Waals surface area contributed by atoms with Gasteiger partial charge >= 0.3 is 0 Å². The third-order valence-corrected chi connectivity index (χ3v) is 4.53. The van der Waals surface area contributed by atoms with Gasteiger partial charge in [0, 0.05) is 13.6 Å². The second-order valence-electron chi connectivity index (χ2n) is 5.81. The standard InChI is InChI=1S/C15H17N3O3/c1-8-10(11-14(21-8)16-7-17(2)15(11)20)12-13(19)9-5-3-4-6-18(9)12/h7,9,19H,3-6H2,1-2H3. The SMILES string of the molecule is Cc1oc2ncn(C)c(=O)c2c1C1=C(O)C2CCCCN12. The van der Waals surface area contributed by atoms with Gasteiger partial charge in [0.25, 0.3) is 5.56 Å². The predicted molar refractivity (Wildman–Crippen MR) is 77.9 cm³/mol. The van der Waals surface area contributed by atoms with Crippen LogP contribution < -0.4 is 5.56 Å².